The molecule has 2 N–H and O–H groups in total. The van der Waals surface area contributed by atoms with Crippen molar-refractivity contribution < 1.29 is 4.79 Å². The smallest absolute Gasteiger partial charge is 0.279 e. The van der Waals surface area contributed by atoms with E-state index in [1.165, 1.54) is 0 Å². The van der Waals surface area contributed by atoms with Gasteiger partial charge in [-0.25, -0.2) is 9.97 Å². The average Bonchev–Trinajstić information content (AvgIpc) is 2.95. The Bertz CT molecular complexity index is 835. The summed E-state index contributed by atoms with van der Waals surface area (Å²) in [6.45, 7) is 1.78. The van der Waals surface area contributed by atoms with Gasteiger partial charge in [-0.1, -0.05) is 0 Å². The summed E-state index contributed by atoms with van der Waals surface area (Å²) >= 11 is 0. The van der Waals surface area contributed by atoms with Gasteiger partial charge in [-0.15, -0.1) is 12.4 Å². The number of nitrogens with one attached hydrogen (secondary N) is 2. The molecule has 0 saturated heterocycles. The largest absolute Gasteiger partial charge is 0.337 e. The normalized spacial score (nSPS) is 9.92. The maximum absolute atomic E-state index is 12.5. The zero-order valence-corrected chi connectivity index (χ0v) is 13.9. The standard InChI is InChI=1S/C15H15N7O.ClH/c1-10-8-17-14(19-11-4-3-6-16-9-11)13(18-10)15(23)20-12-5-7-22(2)21-12;/h3-9H,1-2H3,(H,17,19)(H,20,21,23);1H. The molecule has 0 unspecified atom stereocenters. The number of nitrogens with zero attached hydrogens (tertiary/aromatic N) is 5. The van der Waals surface area contributed by atoms with Crippen LogP contribution in [-0.4, -0.2) is 30.6 Å². The molecule has 0 saturated carbocycles. The van der Waals surface area contributed by atoms with Crippen LogP contribution in [0.5, 0.6) is 0 Å². The molecule has 0 bridgehead atoms. The van der Waals surface area contributed by atoms with Crippen molar-refractivity contribution in [2.45, 2.75) is 6.92 Å². The molecule has 3 aromatic heterocycles. The van der Waals surface area contributed by atoms with Crippen LogP contribution in [0.15, 0.2) is 43.0 Å². The molecule has 0 fully saturated rings. The Morgan fingerprint density at radius 2 is 2.08 bits per heavy atom. The third-order valence-corrected chi connectivity index (χ3v) is 2.99. The molecule has 0 radical (unpaired) electrons. The van der Waals surface area contributed by atoms with Crippen molar-refractivity contribution in [2.75, 3.05) is 10.6 Å². The number of amides is 1. The van der Waals surface area contributed by atoms with Crippen LogP contribution in [0.3, 0.4) is 0 Å². The average molecular weight is 346 g/mol. The molecule has 0 atom stereocenters. The predicted octanol–water partition coefficient (Wildman–Crippen LogP) is 2.33. The monoisotopic (exact) mass is 345 g/mol. The summed E-state index contributed by atoms with van der Waals surface area (Å²) in [6, 6.07) is 5.32. The molecule has 24 heavy (non-hydrogen) atoms. The lowest BCUT2D eigenvalue weighted by Gasteiger charge is -2.10. The van der Waals surface area contributed by atoms with Crippen LogP contribution < -0.4 is 10.6 Å². The van der Waals surface area contributed by atoms with Gasteiger partial charge in [-0.2, -0.15) is 5.10 Å². The van der Waals surface area contributed by atoms with Gasteiger partial charge in [0.2, 0.25) is 0 Å². The van der Waals surface area contributed by atoms with Crippen molar-refractivity contribution in [3.05, 3.63) is 54.4 Å². The van der Waals surface area contributed by atoms with Gasteiger partial charge >= 0.3 is 0 Å². The summed E-state index contributed by atoms with van der Waals surface area (Å²) in [4.78, 5) is 25.0. The Balaban J connectivity index is 0.00000208. The molecule has 0 aliphatic heterocycles. The van der Waals surface area contributed by atoms with Gasteiger partial charge in [-0.3, -0.25) is 14.5 Å². The van der Waals surface area contributed by atoms with Gasteiger partial charge < -0.3 is 10.6 Å². The second-order valence-electron chi connectivity index (χ2n) is 4.90. The van der Waals surface area contributed by atoms with Gasteiger partial charge in [0.15, 0.2) is 17.3 Å². The fraction of sp³-hybridized carbons (Fsp3) is 0.133. The number of pyridine rings is 1. The summed E-state index contributed by atoms with van der Waals surface area (Å²) in [6.07, 6.45) is 6.64. The number of anilines is 3. The van der Waals surface area contributed by atoms with Gasteiger partial charge in [0, 0.05) is 25.5 Å². The Labute approximate surface area is 144 Å². The topological polar surface area (TPSA) is 97.6 Å². The molecule has 0 aliphatic carbocycles. The van der Waals surface area contributed by atoms with E-state index in [2.05, 4.69) is 30.7 Å². The van der Waals surface area contributed by atoms with Crippen LogP contribution in [0, 0.1) is 6.92 Å². The van der Waals surface area contributed by atoms with Gasteiger partial charge in [0.05, 0.1) is 23.8 Å². The van der Waals surface area contributed by atoms with E-state index in [0.717, 1.165) is 5.69 Å². The minimum absolute atomic E-state index is 0. The lowest BCUT2D eigenvalue weighted by molar-refractivity contribution is 0.102. The second-order valence-corrected chi connectivity index (χ2v) is 4.90. The number of carbonyl (C=O) groups is 1. The van der Waals surface area contributed by atoms with Crippen molar-refractivity contribution in [2.24, 2.45) is 7.05 Å². The van der Waals surface area contributed by atoms with Gasteiger partial charge in [0.25, 0.3) is 5.91 Å². The van der Waals surface area contributed by atoms with Crippen molar-refractivity contribution >= 4 is 35.6 Å². The van der Waals surface area contributed by atoms with Crippen molar-refractivity contribution in [3.63, 3.8) is 0 Å². The minimum atomic E-state index is -0.383. The van der Waals surface area contributed by atoms with E-state index < -0.39 is 0 Å². The third-order valence-electron chi connectivity index (χ3n) is 2.99. The minimum Gasteiger partial charge on any atom is -0.337 e. The van der Waals surface area contributed by atoms with E-state index in [1.807, 2.05) is 6.07 Å². The first kappa shape index (κ1) is 17.4. The highest BCUT2D eigenvalue weighted by Crippen LogP contribution is 2.17. The van der Waals surface area contributed by atoms with E-state index >= 15 is 0 Å². The SMILES string of the molecule is Cc1cnc(Nc2cccnc2)c(C(=O)Nc2ccn(C)n2)n1.Cl. The van der Waals surface area contributed by atoms with Crippen LogP contribution in [0.25, 0.3) is 0 Å². The van der Waals surface area contributed by atoms with E-state index in [0.29, 0.717) is 17.3 Å². The summed E-state index contributed by atoms with van der Waals surface area (Å²) in [5, 5.41) is 9.87. The molecular weight excluding hydrogens is 330 g/mol. The van der Waals surface area contributed by atoms with Crippen molar-refractivity contribution in [1.82, 2.24) is 24.7 Å². The van der Waals surface area contributed by atoms with Crippen LogP contribution in [0.1, 0.15) is 16.2 Å². The number of hydrogen-bond acceptors (Lipinski definition) is 6. The quantitative estimate of drug-likeness (QED) is 0.753. The van der Waals surface area contributed by atoms with E-state index in [-0.39, 0.29) is 24.0 Å². The molecular formula is C15H16ClN7O. The van der Waals surface area contributed by atoms with Crippen LogP contribution >= 0.6 is 12.4 Å². The Hall–Kier alpha value is -3.00. The summed E-state index contributed by atoms with van der Waals surface area (Å²) in [5.74, 6) is 0.427. The molecule has 3 heterocycles. The molecule has 9 heteroatoms. The van der Waals surface area contributed by atoms with Crippen LogP contribution in [0.2, 0.25) is 0 Å². The number of aryl methyl sites for hydroxylation is 2. The Morgan fingerprint density at radius 3 is 2.75 bits per heavy atom. The van der Waals surface area contributed by atoms with Crippen molar-refractivity contribution in [3.8, 4) is 0 Å². The molecule has 0 aliphatic rings. The Kier molecular flexibility index (Phi) is 5.43. The molecule has 0 spiro atoms. The number of rotatable bonds is 4. The van der Waals surface area contributed by atoms with E-state index in [4.69, 9.17) is 0 Å². The molecule has 3 aromatic rings. The molecule has 3 rings (SSSR count). The highest BCUT2D eigenvalue weighted by atomic mass is 35.5. The molecule has 1 amide bonds. The van der Waals surface area contributed by atoms with Crippen molar-refractivity contribution in [1.29, 1.82) is 0 Å². The second kappa shape index (κ2) is 7.51. The van der Waals surface area contributed by atoms with Gasteiger partial charge in [-0.05, 0) is 19.1 Å². The van der Waals surface area contributed by atoms with Gasteiger partial charge in [0.1, 0.15) is 0 Å². The number of hydrogen-bond donors (Lipinski definition) is 2. The zero-order chi connectivity index (χ0) is 16.2. The molecule has 0 aromatic carbocycles. The molecule has 124 valence electrons. The highest BCUT2D eigenvalue weighted by molar-refractivity contribution is 6.05. The lowest BCUT2D eigenvalue weighted by atomic mass is 10.3. The fourth-order valence-corrected chi connectivity index (χ4v) is 1.96. The highest BCUT2D eigenvalue weighted by Gasteiger charge is 2.16. The number of aromatic nitrogens is 5. The maximum atomic E-state index is 12.5. The Morgan fingerprint density at radius 1 is 1.25 bits per heavy atom. The summed E-state index contributed by atoms with van der Waals surface area (Å²) < 4.78 is 1.60. The number of halogens is 1. The summed E-state index contributed by atoms with van der Waals surface area (Å²) in [5.41, 5.74) is 1.56. The number of carbonyl (C=O) groups excluding carboxylic acids is 1. The van der Waals surface area contributed by atoms with E-state index in [1.54, 1.807) is 55.6 Å². The first-order valence-corrected chi connectivity index (χ1v) is 6.93. The third kappa shape index (κ3) is 4.05. The first-order valence-electron chi connectivity index (χ1n) is 6.93. The first-order chi connectivity index (χ1) is 11.1. The van der Waals surface area contributed by atoms with Crippen LogP contribution in [0.4, 0.5) is 17.3 Å². The fourth-order valence-electron chi connectivity index (χ4n) is 1.96. The predicted molar refractivity (Wildman–Crippen MR) is 92.7 cm³/mol. The zero-order valence-electron chi connectivity index (χ0n) is 13.1. The van der Waals surface area contributed by atoms with E-state index in [9.17, 15) is 4.79 Å². The molecule has 8 nitrogen and oxygen atoms in total. The van der Waals surface area contributed by atoms with Crippen LogP contribution in [-0.2, 0) is 7.05 Å². The lowest BCUT2D eigenvalue weighted by Crippen LogP contribution is -2.17. The summed E-state index contributed by atoms with van der Waals surface area (Å²) in [7, 11) is 1.78. The maximum Gasteiger partial charge on any atom is 0.279 e.